The fourth-order valence-electron chi connectivity index (χ4n) is 2.58. The van der Waals surface area contributed by atoms with Crippen LogP contribution in [0.2, 0.25) is 0 Å². The zero-order chi connectivity index (χ0) is 19.6. The SMILES string of the molecule is Cc1cccc(C)c1OCCOc1cccc(CNC(=O)CCC(=O)O)c1. The third-order valence-electron chi connectivity index (χ3n) is 3.96. The predicted octanol–water partition coefficient (Wildman–Crippen LogP) is 3.24. The third-order valence-corrected chi connectivity index (χ3v) is 3.96. The summed E-state index contributed by atoms with van der Waals surface area (Å²) in [6.07, 6.45) is -0.198. The zero-order valence-electron chi connectivity index (χ0n) is 15.7. The van der Waals surface area contributed by atoms with Gasteiger partial charge in [-0.15, -0.1) is 0 Å². The molecule has 0 aliphatic carbocycles. The number of carboxylic acids is 1. The van der Waals surface area contributed by atoms with Crippen molar-refractivity contribution < 1.29 is 24.2 Å². The maximum absolute atomic E-state index is 11.6. The fraction of sp³-hybridized carbons (Fsp3) is 0.333. The summed E-state index contributed by atoms with van der Waals surface area (Å²) >= 11 is 0. The Kier molecular flexibility index (Phi) is 7.67. The number of rotatable bonds is 10. The van der Waals surface area contributed by atoms with E-state index in [1.165, 1.54) is 0 Å². The van der Waals surface area contributed by atoms with Gasteiger partial charge in [0, 0.05) is 13.0 Å². The molecule has 2 aromatic rings. The van der Waals surface area contributed by atoms with Crippen LogP contribution in [-0.4, -0.2) is 30.2 Å². The number of aryl methyl sites for hydroxylation is 2. The van der Waals surface area contributed by atoms with Gasteiger partial charge in [-0.2, -0.15) is 0 Å². The molecule has 0 heterocycles. The average Bonchev–Trinajstić information content (AvgIpc) is 2.64. The summed E-state index contributed by atoms with van der Waals surface area (Å²) in [6, 6.07) is 13.4. The van der Waals surface area contributed by atoms with Gasteiger partial charge in [0.05, 0.1) is 6.42 Å². The number of carbonyl (C=O) groups is 2. The molecule has 0 atom stereocenters. The average molecular weight is 371 g/mol. The van der Waals surface area contributed by atoms with Crippen LogP contribution in [-0.2, 0) is 16.1 Å². The van der Waals surface area contributed by atoms with Crippen LogP contribution in [0.1, 0.15) is 29.5 Å². The van der Waals surface area contributed by atoms with E-state index in [2.05, 4.69) is 5.32 Å². The summed E-state index contributed by atoms with van der Waals surface area (Å²) < 4.78 is 11.5. The molecule has 0 radical (unpaired) electrons. The van der Waals surface area contributed by atoms with E-state index in [0.29, 0.717) is 25.5 Å². The lowest BCUT2D eigenvalue weighted by molar-refractivity contribution is -0.138. The molecule has 2 N–H and O–H groups in total. The number of carbonyl (C=O) groups excluding carboxylic acids is 1. The van der Waals surface area contributed by atoms with Crippen LogP contribution < -0.4 is 14.8 Å². The molecule has 0 aliphatic rings. The molecule has 0 unspecified atom stereocenters. The third kappa shape index (κ3) is 7.01. The summed E-state index contributed by atoms with van der Waals surface area (Å²) in [6.45, 7) is 5.19. The Morgan fingerprint density at radius 3 is 2.33 bits per heavy atom. The highest BCUT2D eigenvalue weighted by molar-refractivity contribution is 5.80. The van der Waals surface area contributed by atoms with Crippen molar-refractivity contribution in [2.45, 2.75) is 33.2 Å². The molecule has 0 fully saturated rings. The van der Waals surface area contributed by atoms with Gasteiger partial charge in [-0.1, -0.05) is 30.3 Å². The summed E-state index contributed by atoms with van der Waals surface area (Å²) in [5.41, 5.74) is 3.07. The monoisotopic (exact) mass is 371 g/mol. The number of benzene rings is 2. The number of hydrogen-bond acceptors (Lipinski definition) is 4. The number of para-hydroxylation sites is 1. The lowest BCUT2D eigenvalue weighted by atomic mass is 10.1. The minimum absolute atomic E-state index is 0.0266. The molecular weight excluding hydrogens is 346 g/mol. The van der Waals surface area contributed by atoms with E-state index in [0.717, 1.165) is 22.4 Å². The molecular formula is C21H25NO5. The molecule has 2 aromatic carbocycles. The highest BCUT2D eigenvalue weighted by Gasteiger charge is 2.06. The second-order valence-corrected chi connectivity index (χ2v) is 6.24. The van der Waals surface area contributed by atoms with Crippen LogP contribution in [0.25, 0.3) is 0 Å². The molecule has 0 bridgehead atoms. The number of aliphatic carboxylic acids is 1. The van der Waals surface area contributed by atoms with Gasteiger partial charge in [-0.3, -0.25) is 9.59 Å². The quantitative estimate of drug-likeness (QED) is 0.626. The molecule has 0 saturated heterocycles. The normalized spacial score (nSPS) is 10.3. The first-order chi connectivity index (χ1) is 13.0. The van der Waals surface area contributed by atoms with E-state index in [-0.39, 0.29) is 18.7 Å². The number of carboxylic acid groups (broad SMARTS) is 1. The van der Waals surface area contributed by atoms with Gasteiger partial charge >= 0.3 is 5.97 Å². The first-order valence-electron chi connectivity index (χ1n) is 8.85. The molecule has 27 heavy (non-hydrogen) atoms. The minimum Gasteiger partial charge on any atom is -0.490 e. The molecule has 6 heteroatoms. The van der Waals surface area contributed by atoms with Crippen molar-refractivity contribution in [3.05, 3.63) is 59.2 Å². The van der Waals surface area contributed by atoms with Crippen LogP contribution in [0.3, 0.4) is 0 Å². The largest absolute Gasteiger partial charge is 0.490 e. The Balaban J connectivity index is 1.76. The van der Waals surface area contributed by atoms with Crippen molar-refractivity contribution in [2.24, 2.45) is 0 Å². The molecule has 0 spiro atoms. The van der Waals surface area contributed by atoms with Crippen molar-refractivity contribution in [1.82, 2.24) is 5.32 Å². The number of nitrogens with one attached hydrogen (secondary N) is 1. The second-order valence-electron chi connectivity index (χ2n) is 6.24. The maximum atomic E-state index is 11.6. The van der Waals surface area contributed by atoms with Crippen LogP contribution in [0.4, 0.5) is 0 Å². The van der Waals surface area contributed by atoms with Crippen molar-refractivity contribution >= 4 is 11.9 Å². The molecule has 0 aliphatic heterocycles. The van der Waals surface area contributed by atoms with Gasteiger partial charge in [0.15, 0.2) is 0 Å². The Morgan fingerprint density at radius 1 is 0.963 bits per heavy atom. The van der Waals surface area contributed by atoms with E-state index >= 15 is 0 Å². The highest BCUT2D eigenvalue weighted by Crippen LogP contribution is 2.22. The first kappa shape index (κ1) is 20.3. The Hall–Kier alpha value is -3.02. The molecule has 6 nitrogen and oxygen atoms in total. The van der Waals surface area contributed by atoms with Crippen LogP contribution >= 0.6 is 0 Å². The Labute approximate surface area is 159 Å². The Morgan fingerprint density at radius 2 is 1.63 bits per heavy atom. The number of hydrogen-bond donors (Lipinski definition) is 2. The number of amides is 1. The maximum Gasteiger partial charge on any atom is 0.303 e. The van der Waals surface area contributed by atoms with Gasteiger partial charge in [0.25, 0.3) is 0 Å². The minimum atomic E-state index is -0.983. The van der Waals surface area contributed by atoms with E-state index in [1.807, 2.05) is 56.3 Å². The van der Waals surface area contributed by atoms with Gasteiger partial charge in [0.1, 0.15) is 24.7 Å². The summed E-state index contributed by atoms with van der Waals surface area (Å²) in [4.78, 5) is 22.1. The predicted molar refractivity (Wildman–Crippen MR) is 102 cm³/mol. The summed E-state index contributed by atoms with van der Waals surface area (Å²) in [7, 11) is 0. The second kappa shape index (κ2) is 10.2. The van der Waals surface area contributed by atoms with Crippen molar-refractivity contribution in [2.75, 3.05) is 13.2 Å². The van der Waals surface area contributed by atoms with Gasteiger partial charge in [-0.25, -0.2) is 0 Å². The highest BCUT2D eigenvalue weighted by atomic mass is 16.5. The molecule has 2 rings (SSSR count). The van der Waals surface area contributed by atoms with Gasteiger partial charge in [-0.05, 0) is 42.7 Å². The van der Waals surface area contributed by atoms with Crippen molar-refractivity contribution in [3.8, 4) is 11.5 Å². The molecule has 144 valence electrons. The van der Waals surface area contributed by atoms with Crippen LogP contribution in [0, 0.1) is 13.8 Å². The van der Waals surface area contributed by atoms with E-state index in [4.69, 9.17) is 14.6 Å². The number of ether oxygens (including phenoxy) is 2. The zero-order valence-corrected chi connectivity index (χ0v) is 15.7. The standard InChI is InChI=1S/C21H25NO5/c1-15-5-3-6-16(2)21(15)27-12-11-26-18-8-4-7-17(13-18)14-22-19(23)9-10-20(24)25/h3-8,13H,9-12,14H2,1-2H3,(H,22,23)(H,24,25). The lowest BCUT2D eigenvalue weighted by Crippen LogP contribution is -2.23. The smallest absolute Gasteiger partial charge is 0.303 e. The Bertz CT molecular complexity index is 768. The van der Waals surface area contributed by atoms with E-state index in [1.54, 1.807) is 0 Å². The van der Waals surface area contributed by atoms with Crippen LogP contribution in [0.15, 0.2) is 42.5 Å². The van der Waals surface area contributed by atoms with E-state index < -0.39 is 5.97 Å². The van der Waals surface area contributed by atoms with Gasteiger partial charge < -0.3 is 19.9 Å². The van der Waals surface area contributed by atoms with E-state index in [9.17, 15) is 9.59 Å². The van der Waals surface area contributed by atoms with Gasteiger partial charge in [0.2, 0.25) is 5.91 Å². The summed E-state index contributed by atoms with van der Waals surface area (Å²) in [5, 5.41) is 11.3. The first-order valence-corrected chi connectivity index (χ1v) is 8.85. The lowest BCUT2D eigenvalue weighted by Gasteiger charge is -2.13. The van der Waals surface area contributed by atoms with Crippen molar-refractivity contribution in [3.63, 3.8) is 0 Å². The summed E-state index contributed by atoms with van der Waals surface area (Å²) in [5.74, 6) is 0.311. The molecule has 0 saturated carbocycles. The fourth-order valence-corrected chi connectivity index (χ4v) is 2.58. The van der Waals surface area contributed by atoms with Crippen molar-refractivity contribution in [1.29, 1.82) is 0 Å². The topological polar surface area (TPSA) is 84.9 Å². The molecule has 1 amide bonds. The molecule has 0 aromatic heterocycles. The van der Waals surface area contributed by atoms with Crippen LogP contribution in [0.5, 0.6) is 11.5 Å².